The van der Waals surface area contributed by atoms with E-state index in [-0.39, 0.29) is 23.2 Å². The van der Waals surface area contributed by atoms with Gasteiger partial charge in [0.2, 0.25) is 0 Å². The molecular formula is C15H28N2O3. The van der Waals surface area contributed by atoms with Crippen molar-refractivity contribution in [3.05, 3.63) is 0 Å². The lowest BCUT2D eigenvalue weighted by Crippen LogP contribution is -2.56. The molecule has 1 atom stereocenters. The highest BCUT2D eigenvalue weighted by Gasteiger charge is 2.56. The SMILES string of the molecule is CC(C)(C)OC(=O)N1CCC2(CC1)C(N)COC2(C)C. The van der Waals surface area contributed by atoms with Crippen molar-refractivity contribution in [3.8, 4) is 0 Å². The van der Waals surface area contributed by atoms with Gasteiger partial charge in [-0.3, -0.25) is 0 Å². The van der Waals surface area contributed by atoms with Crippen molar-refractivity contribution >= 4 is 6.09 Å². The van der Waals surface area contributed by atoms with Crippen molar-refractivity contribution in [1.29, 1.82) is 0 Å². The molecule has 5 heteroatoms. The molecule has 0 aliphatic carbocycles. The van der Waals surface area contributed by atoms with Crippen molar-refractivity contribution in [2.24, 2.45) is 11.1 Å². The maximum absolute atomic E-state index is 12.1. The third-order valence-corrected chi connectivity index (χ3v) is 4.84. The van der Waals surface area contributed by atoms with Gasteiger partial charge in [-0.15, -0.1) is 0 Å². The Hall–Kier alpha value is -0.810. The van der Waals surface area contributed by atoms with E-state index < -0.39 is 5.60 Å². The molecule has 2 aliphatic rings. The third-order valence-electron chi connectivity index (χ3n) is 4.84. The second-order valence-corrected chi connectivity index (χ2v) is 7.55. The summed E-state index contributed by atoms with van der Waals surface area (Å²) in [5.41, 5.74) is 5.60. The van der Waals surface area contributed by atoms with Crippen LogP contribution in [-0.2, 0) is 9.47 Å². The fraction of sp³-hybridized carbons (Fsp3) is 0.933. The van der Waals surface area contributed by atoms with Gasteiger partial charge in [-0.25, -0.2) is 4.79 Å². The number of piperidine rings is 1. The van der Waals surface area contributed by atoms with Crippen LogP contribution in [0.15, 0.2) is 0 Å². The summed E-state index contributed by atoms with van der Waals surface area (Å²) in [7, 11) is 0. The van der Waals surface area contributed by atoms with E-state index in [1.54, 1.807) is 4.90 Å². The van der Waals surface area contributed by atoms with Crippen LogP contribution in [-0.4, -0.2) is 47.9 Å². The van der Waals surface area contributed by atoms with Crippen molar-refractivity contribution in [2.45, 2.75) is 64.7 Å². The van der Waals surface area contributed by atoms with Gasteiger partial charge in [0.25, 0.3) is 0 Å². The van der Waals surface area contributed by atoms with Gasteiger partial charge < -0.3 is 20.1 Å². The molecule has 2 N–H and O–H groups in total. The Morgan fingerprint density at radius 2 is 1.85 bits per heavy atom. The molecule has 0 aromatic carbocycles. The molecule has 2 aliphatic heterocycles. The summed E-state index contributed by atoms with van der Waals surface area (Å²) in [6, 6.07) is 0.0540. The molecule has 0 aromatic rings. The first-order chi connectivity index (χ1) is 9.07. The van der Waals surface area contributed by atoms with E-state index in [1.165, 1.54) is 0 Å². The van der Waals surface area contributed by atoms with Crippen molar-refractivity contribution < 1.29 is 14.3 Å². The summed E-state index contributed by atoms with van der Waals surface area (Å²) >= 11 is 0. The second kappa shape index (κ2) is 4.88. The lowest BCUT2D eigenvalue weighted by atomic mass is 9.65. The predicted octanol–water partition coefficient (Wildman–Crippen LogP) is 2.14. The van der Waals surface area contributed by atoms with Crippen LogP contribution in [0.5, 0.6) is 0 Å². The molecule has 2 fully saturated rings. The normalized spacial score (nSPS) is 28.7. The van der Waals surface area contributed by atoms with Crippen LogP contribution in [0.3, 0.4) is 0 Å². The summed E-state index contributed by atoms with van der Waals surface area (Å²) in [5.74, 6) is 0. The molecule has 116 valence electrons. The first-order valence-electron chi connectivity index (χ1n) is 7.45. The van der Waals surface area contributed by atoms with E-state index in [9.17, 15) is 4.79 Å². The van der Waals surface area contributed by atoms with Gasteiger partial charge in [0.05, 0.1) is 12.2 Å². The van der Waals surface area contributed by atoms with Crippen LogP contribution in [0, 0.1) is 5.41 Å². The molecule has 1 unspecified atom stereocenters. The van der Waals surface area contributed by atoms with Crippen LogP contribution in [0.1, 0.15) is 47.5 Å². The fourth-order valence-corrected chi connectivity index (χ4v) is 3.44. The number of carbonyl (C=O) groups excluding carboxylic acids is 1. The minimum absolute atomic E-state index is 0.0223. The monoisotopic (exact) mass is 284 g/mol. The molecular weight excluding hydrogens is 256 g/mol. The van der Waals surface area contributed by atoms with Crippen LogP contribution in [0.4, 0.5) is 4.79 Å². The Morgan fingerprint density at radius 3 is 2.25 bits per heavy atom. The third kappa shape index (κ3) is 2.66. The minimum atomic E-state index is -0.446. The zero-order valence-corrected chi connectivity index (χ0v) is 13.4. The van der Waals surface area contributed by atoms with E-state index >= 15 is 0 Å². The summed E-state index contributed by atoms with van der Waals surface area (Å²) < 4.78 is 11.3. The van der Waals surface area contributed by atoms with E-state index in [2.05, 4.69) is 13.8 Å². The predicted molar refractivity (Wildman–Crippen MR) is 77.5 cm³/mol. The topological polar surface area (TPSA) is 64.8 Å². The minimum Gasteiger partial charge on any atom is -0.444 e. The fourth-order valence-electron chi connectivity index (χ4n) is 3.44. The number of ether oxygens (including phenoxy) is 2. The average Bonchev–Trinajstić information content (AvgIpc) is 2.53. The molecule has 0 aromatic heterocycles. The van der Waals surface area contributed by atoms with Crippen molar-refractivity contribution in [3.63, 3.8) is 0 Å². The molecule has 0 radical (unpaired) electrons. The van der Waals surface area contributed by atoms with Gasteiger partial charge in [-0.1, -0.05) is 0 Å². The van der Waals surface area contributed by atoms with Gasteiger partial charge >= 0.3 is 6.09 Å². The van der Waals surface area contributed by atoms with Crippen LogP contribution < -0.4 is 5.73 Å². The van der Waals surface area contributed by atoms with Crippen molar-refractivity contribution in [1.82, 2.24) is 4.90 Å². The highest BCUT2D eigenvalue weighted by Crippen LogP contribution is 2.50. The van der Waals surface area contributed by atoms with Gasteiger partial charge in [-0.05, 0) is 47.5 Å². The number of rotatable bonds is 0. The number of hydrogen-bond acceptors (Lipinski definition) is 4. The summed E-state index contributed by atoms with van der Waals surface area (Å²) in [6.45, 7) is 11.9. The molecule has 0 saturated carbocycles. The number of likely N-dealkylation sites (tertiary alicyclic amines) is 1. The number of nitrogens with two attached hydrogens (primary N) is 1. The first-order valence-corrected chi connectivity index (χ1v) is 7.45. The summed E-state index contributed by atoms with van der Waals surface area (Å²) in [4.78, 5) is 13.9. The Labute approximate surface area is 121 Å². The van der Waals surface area contributed by atoms with Gasteiger partial charge in [-0.2, -0.15) is 0 Å². The van der Waals surface area contributed by atoms with E-state index in [1.807, 2.05) is 20.8 Å². The van der Waals surface area contributed by atoms with Crippen molar-refractivity contribution in [2.75, 3.05) is 19.7 Å². The highest BCUT2D eigenvalue weighted by atomic mass is 16.6. The Bertz CT molecular complexity index is 379. The Kier molecular flexibility index (Phi) is 3.80. The van der Waals surface area contributed by atoms with Gasteiger partial charge in [0.1, 0.15) is 5.60 Å². The Balaban J connectivity index is 2.00. The average molecular weight is 284 g/mol. The van der Waals surface area contributed by atoms with Crippen LogP contribution in [0.25, 0.3) is 0 Å². The second-order valence-electron chi connectivity index (χ2n) is 7.55. The van der Waals surface area contributed by atoms with Gasteiger partial charge in [0, 0.05) is 24.5 Å². The smallest absolute Gasteiger partial charge is 0.410 e. The zero-order chi connectivity index (χ0) is 15.2. The largest absolute Gasteiger partial charge is 0.444 e. The first kappa shape index (κ1) is 15.6. The molecule has 2 rings (SSSR count). The maximum Gasteiger partial charge on any atom is 0.410 e. The van der Waals surface area contributed by atoms with E-state index in [4.69, 9.17) is 15.2 Å². The maximum atomic E-state index is 12.1. The lowest BCUT2D eigenvalue weighted by Gasteiger charge is -2.47. The number of amides is 1. The summed E-state index contributed by atoms with van der Waals surface area (Å²) in [5, 5.41) is 0. The molecule has 20 heavy (non-hydrogen) atoms. The lowest BCUT2D eigenvalue weighted by molar-refractivity contribution is -0.0637. The van der Waals surface area contributed by atoms with E-state index in [0.29, 0.717) is 19.7 Å². The Morgan fingerprint density at radius 1 is 1.30 bits per heavy atom. The molecule has 0 bridgehead atoms. The van der Waals surface area contributed by atoms with Gasteiger partial charge in [0.15, 0.2) is 0 Å². The number of carbonyl (C=O) groups is 1. The molecule has 5 nitrogen and oxygen atoms in total. The summed E-state index contributed by atoms with van der Waals surface area (Å²) in [6.07, 6.45) is 1.53. The quantitative estimate of drug-likeness (QED) is 0.740. The molecule has 1 spiro atoms. The number of nitrogens with zero attached hydrogens (tertiary/aromatic N) is 1. The van der Waals surface area contributed by atoms with Crippen LogP contribution >= 0.6 is 0 Å². The van der Waals surface area contributed by atoms with E-state index in [0.717, 1.165) is 12.8 Å². The number of hydrogen-bond donors (Lipinski definition) is 1. The molecule has 1 amide bonds. The molecule has 2 heterocycles. The molecule has 2 saturated heterocycles. The zero-order valence-electron chi connectivity index (χ0n) is 13.4. The van der Waals surface area contributed by atoms with Crippen LogP contribution in [0.2, 0.25) is 0 Å². The standard InChI is InChI=1S/C15H28N2O3/c1-13(2,3)20-12(18)17-8-6-15(7-9-17)11(16)10-19-14(15,4)5/h11H,6-10,16H2,1-5H3. The highest BCUT2D eigenvalue weighted by molar-refractivity contribution is 5.68.